The first kappa shape index (κ1) is 25.1. The van der Waals surface area contributed by atoms with Gasteiger partial charge in [0.2, 0.25) is 15.9 Å². The van der Waals surface area contributed by atoms with Gasteiger partial charge in [0.15, 0.2) is 0 Å². The molecule has 6 nitrogen and oxygen atoms in total. The first-order valence-electron chi connectivity index (χ1n) is 12.0. The summed E-state index contributed by atoms with van der Waals surface area (Å²) in [7, 11) is -3.82. The van der Waals surface area contributed by atoms with E-state index in [1.54, 1.807) is 30.5 Å². The number of rotatable bonds is 9. The van der Waals surface area contributed by atoms with E-state index in [1.165, 1.54) is 16.4 Å². The molecule has 1 heterocycles. The molecule has 0 spiro atoms. The number of carbonyl (C=O) groups is 1. The maximum absolute atomic E-state index is 13.5. The van der Waals surface area contributed by atoms with E-state index in [9.17, 15) is 13.2 Å². The Morgan fingerprint density at radius 2 is 1.54 bits per heavy atom. The van der Waals surface area contributed by atoms with Crippen LogP contribution in [0.25, 0.3) is 0 Å². The zero-order chi connectivity index (χ0) is 25.9. The number of hydrogen-bond acceptors (Lipinski definition) is 4. The van der Waals surface area contributed by atoms with Gasteiger partial charge >= 0.3 is 0 Å². The third kappa shape index (κ3) is 5.59. The fourth-order valence-corrected chi connectivity index (χ4v) is 5.86. The summed E-state index contributed by atoms with van der Waals surface area (Å²) < 4.78 is 28.4. The fourth-order valence-electron chi connectivity index (χ4n) is 4.33. The summed E-state index contributed by atoms with van der Waals surface area (Å²) >= 11 is 5.97. The molecule has 1 aliphatic rings. The van der Waals surface area contributed by atoms with Gasteiger partial charge in [0.1, 0.15) is 0 Å². The summed E-state index contributed by atoms with van der Waals surface area (Å²) in [6, 6.07) is 28.7. The van der Waals surface area contributed by atoms with Gasteiger partial charge in [-0.15, -0.1) is 0 Å². The highest BCUT2D eigenvalue weighted by Crippen LogP contribution is 2.48. The second kappa shape index (κ2) is 10.5. The summed E-state index contributed by atoms with van der Waals surface area (Å²) in [5.74, 6) is -0.0199. The Morgan fingerprint density at radius 3 is 2.16 bits per heavy atom. The van der Waals surface area contributed by atoms with Crippen LogP contribution in [0.15, 0.2) is 108 Å². The number of sulfonamides is 1. The molecule has 0 atom stereocenters. The number of carbonyl (C=O) groups excluding carboxylic acids is 1. The minimum atomic E-state index is -3.82. The summed E-state index contributed by atoms with van der Waals surface area (Å²) in [5.41, 5.74) is 2.66. The lowest BCUT2D eigenvalue weighted by Gasteiger charge is -2.22. The highest BCUT2D eigenvalue weighted by atomic mass is 35.5. The van der Waals surface area contributed by atoms with E-state index in [4.69, 9.17) is 11.6 Å². The normalized spacial score (nSPS) is 14.3. The van der Waals surface area contributed by atoms with Gasteiger partial charge in [-0.05, 0) is 72.5 Å². The molecule has 37 heavy (non-hydrogen) atoms. The van der Waals surface area contributed by atoms with Gasteiger partial charge < -0.3 is 5.32 Å². The molecule has 0 aliphatic heterocycles. The maximum Gasteiger partial charge on any atom is 0.243 e. The first-order chi connectivity index (χ1) is 17.9. The van der Waals surface area contributed by atoms with Crippen LogP contribution < -0.4 is 5.32 Å². The largest absolute Gasteiger partial charge is 0.325 e. The average Bonchev–Trinajstić information content (AvgIpc) is 3.73. The number of amides is 1. The molecular formula is C29H26ClN3O3S. The molecule has 8 heteroatoms. The standard InChI is InChI=1S/C29H26ClN3O3S/c30-24-11-15-27(16-12-24)37(35,36)33(21-26-8-4-5-19-31-26)20-22-9-13-25(14-10-22)32-28(34)29(17-18-29)23-6-2-1-3-7-23/h1-16,19H,17-18,20-21H2,(H,32,34). The van der Waals surface area contributed by atoms with Gasteiger partial charge in [0.25, 0.3) is 0 Å². The van der Waals surface area contributed by atoms with Crippen LogP contribution in [-0.2, 0) is 33.3 Å². The molecular weight excluding hydrogens is 506 g/mol. The average molecular weight is 532 g/mol. The Bertz CT molecular complexity index is 1470. The van der Waals surface area contributed by atoms with E-state index >= 15 is 0 Å². The fraction of sp³-hybridized carbons (Fsp3) is 0.172. The van der Waals surface area contributed by atoms with Crippen molar-refractivity contribution in [3.63, 3.8) is 0 Å². The Balaban J connectivity index is 1.34. The van der Waals surface area contributed by atoms with E-state index in [2.05, 4.69) is 10.3 Å². The van der Waals surface area contributed by atoms with Crippen molar-refractivity contribution in [1.29, 1.82) is 0 Å². The lowest BCUT2D eigenvalue weighted by molar-refractivity contribution is -0.118. The number of halogens is 1. The number of benzene rings is 3. The maximum atomic E-state index is 13.5. The summed E-state index contributed by atoms with van der Waals surface area (Å²) in [6.45, 7) is 0.258. The van der Waals surface area contributed by atoms with Crippen LogP contribution in [0.4, 0.5) is 5.69 Å². The number of nitrogens with one attached hydrogen (secondary N) is 1. The molecule has 1 N–H and O–H groups in total. The first-order valence-corrected chi connectivity index (χ1v) is 13.8. The van der Waals surface area contributed by atoms with Crippen LogP contribution in [0, 0.1) is 0 Å². The second-order valence-electron chi connectivity index (χ2n) is 9.15. The van der Waals surface area contributed by atoms with Gasteiger partial charge in [0.05, 0.1) is 22.5 Å². The lowest BCUT2D eigenvalue weighted by Crippen LogP contribution is -2.30. The number of nitrogens with zero attached hydrogens (tertiary/aromatic N) is 2. The zero-order valence-corrected chi connectivity index (χ0v) is 21.6. The molecule has 3 aromatic carbocycles. The van der Waals surface area contributed by atoms with Crippen molar-refractivity contribution in [3.05, 3.63) is 125 Å². The van der Waals surface area contributed by atoms with E-state index in [0.717, 1.165) is 24.0 Å². The summed E-state index contributed by atoms with van der Waals surface area (Å²) in [4.78, 5) is 17.5. The van der Waals surface area contributed by atoms with Gasteiger partial charge in [0, 0.05) is 23.5 Å². The number of anilines is 1. The van der Waals surface area contributed by atoms with Gasteiger partial charge in [-0.25, -0.2) is 8.42 Å². The van der Waals surface area contributed by atoms with Gasteiger partial charge in [-0.3, -0.25) is 9.78 Å². The topological polar surface area (TPSA) is 79.4 Å². The van der Waals surface area contributed by atoms with Crippen molar-refractivity contribution >= 4 is 33.2 Å². The molecule has 0 radical (unpaired) electrons. The summed E-state index contributed by atoms with van der Waals surface area (Å²) in [6.07, 6.45) is 3.29. The van der Waals surface area contributed by atoms with Crippen LogP contribution in [0.3, 0.4) is 0 Å². The summed E-state index contributed by atoms with van der Waals surface area (Å²) in [5, 5.41) is 3.50. The molecule has 0 bridgehead atoms. The van der Waals surface area contributed by atoms with Crippen molar-refractivity contribution < 1.29 is 13.2 Å². The molecule has 1 amide bonds. The predicted octanol–water partition coefficient (Wildman–Crippen LogP) is 5.80. The molecule has 1 fully saturated rings. The minimum absolute atomic E-state index is 0.0199. The van der Waals surface area contributed by atoms with Crippen molar-refractivity contribution in [2.24, 2.45) is 0 Å². The molecule has 1 aromatic heterocycles. The molecule has 1 aliphatic carbocycles. The van der Waals surface area contributed by atoms with E-state index in [1.807, 2.05) is 60.7 Å². The van der Waals surface area contributed by atoms with Crippen LogP contribution in [0.2, 0.25) is 5.02 Å². The quantitative estimate of drug-likeness (QED) is 0.296. The lowest BCUT2D eigenvalue weighted by atomic mass is 9.95. The van der Waals surface area contributed by atoms with Crippen LogP contribution in [0.1, 0.15) is 29.7 Å². The van der Waals surface area contributed by atoms with Crippen molar-refractivity contribution in [2.75, 3.05) is 5.32 Å². The third-order valence-corrected chi connectivity index (χ3v) is 8.66. The molecule has 0 saturated heterocycles. The Hall–Kier alpha value is -3.52. The minimum Gasteiger partial charge on any atom is -0.325 e. The smallest absolute Gasteiger partial charge is 0.243 e. The number of pyridine rings is 1. The molecule has 4 aromatic rings. The Morgan fingerprint density at radius 1 is 0.865 bits per heavy atom. The number of hydrogen-bond donors (Lipinski definition) is 1. The van der Waals surface area contributed by atoms with Gasteiger partial charge in [-0.2, -0.15) is 4.31 Å². The van der Waals surface area contributed by atoms with Crippen LogP contribution in [0.5, 0.6) is 0 Å². The second-order valence-corrected chi connectivity index (χ2v) is 11.5. The third-order valence-electron chi connectivity index (χ3n) is 6.60. The molecule has 5 rings (SSSR count). The molecule has 188 valence electrons. The van der Waals surface area contributed by atoms with Crippen molar-refractivity contribution in [2.45, 2.75) is 36.2 Å². The van der Waals surface area contributed by atoms with Gasteiger partial charge in [-0.1, -0.05) is 60.1 Å². The Kier molecular flexibility index (Phi) is 7.11. The van der Waals surface area contributed by atoms with Crippen LogP contribution in [-0.4, -0.2) is 23.6 Å². The predicted molar refractivity (Wildman–Crippen MR) is 145 cm³/mol. The monoisotopic (exact) mass is 531 g/mol. The van der Waals surface area contributed by atoms with Crippen LogP contribution >= 0.6 is 11.6 Å². The van der Waals surface area contributed by atoms with Crippen molar-refractivity contribution in [3.8, 4) is 0 Å². The highest BCUT2D eigenvalue weighted by Gasteiger charge is 2.51. The van der Waals surface area contributed by atoms with E-state index in [-0.39, 0.29) is 23.9 Å². The zero-order valence-electron chi connectivity index (χ0n) is 20.0. The van der Waals surface area contributed by atoms with E-state index < -0.39 is 15.4 Å². The van der Waals surface area contributed by atoms with E-state index in [0.29, 0.717) is 16.4 Å². The molecule has 0 unspecified atom stereocenters. The number of aromatic nitrogens is 1. The SMILES string of the molecule is O=C(Nc1ccc(CN(Cc2ccccn2)S(=O)(=O)c2ccc(Cl)cc2)cc1)C1(c2ccccc2)CC1. The van der Waals surface area contributed by atoms with Crippen molar-refractivity contribution in [1.82, 2.24) is 9.29 Å². The molecule has 1 saturated carbocycles. The Labute approximate surface area is 222 Å². The highest BCUT2D eigenvalue weighted by molar-refractivity contribution is 7.89.